The maximum Gasteiger partial charge on any atom is 0.262 e. The first kappa shape index (κ1) is 21.3. The van der Waals surface area contributed by atoms with E-state index in [4.69, 9.17) is 16.6 Å². The minimum atomic E-state index is -0.332. The highest BCUT2D eigenvalue weighted by molar-refractivity contribution is 8.00. The van der Waals surface area contributed by atoms with Crippen molar-refractivity contribution in [2.45, 2.75) is 81.3 Å². The molecule has 4 saturated carbocycles. The van der Waals surface area contributed by atoms with Crippen molar-refractivity contribution in [3.05, 3.63) is 33.6 Å². The van der Waals surface area contributed by atoms with E-state index in [2.05, 4.69) is 5.32 Å². The highest BCUT2D eigenvalue weighted by atomic mass is 35.5. The Hall–Kier alpha value is -1.53. The van der Waals surface area contributed by atoms with Crippen LogP contribution in [0.25, 0.3) is 10.9 Å². The zero-order chi connectivity index (χ0) is 21.9. The van der Waals surface area contributed by atoms with Crippen LogP contribution in [-0.2, 0) is 4.79 Å². The summed E-state index contributed by atoms with van der Waals surface area (Å²) in [7, 11) is 0. The van der Waals surface area contributed by atoms with E-state index < -0.39 is 0 Å². The van der Waals surface area contributed by atoms with Crippen molar-refractivity contribution in [2.75, 3.05) is 0 Å². The molecule has 0 aliphatic heterocycles. The molecule has 0 radical (unpaired) electrons. The SMILES string of the molecule is CC(C)n1c(S[C@@H](C)C(=O)NC23CC4CC(CC(C4)C2)C3)nc2cc(Cl)ccc2c1=O. The van der Waals surface area contributed by atoms with E-state index in [9.17, 15) is 9.59 Å². The van der Waals surface area contributed by atoms with Crippen LogP contribution in [-0.4, -0.2) is 26.2 Å². The number of carbonyl (C=O) groups excluding carboxylic acids is 1. The van der Waals surface area contributed by atoms with Crippen LogP contribution in [0.1, 0.15) is 65.3 Å². The standard InChI is InChI=1S/C24H30ClN3O2S/c1-13(2)28-22(30)19-5-4-18(25)9-20(19)26-23(28)31-14(3)21(29)27-24-10-15-6-16(11-24)8-17(7-15)12-24/h4-5,9,13-17H,6-8,10-12H2,1-3H3,(H,27,29)/t14-,15?,16?,17?,24?/m0/s1. The zero-order valence-electron chi connectivity index (χ0n) is 18.4. The van der Waals surface area contributed by atoms with Crippen molar-refractivity contribution >= 4 is 40.2 Å². The summed E-state index contributed by atoms with van der Waals surface area (Å²) < 4.78 is 1.69. The van der Waals surface area contributed by atoms with Gasteiger partial charge in [0, 0.05) is 16.6 Å². The number of aromatic nitrogens is 2. The van der Waals surface area contributed by atoms with Crippen molar-refractivity contribution in [1.29, 1.82) is 0 Å². The number of halogens is 1. The highest BCUT2D eigenvalue weighted by Gasteiger charge is 2.51. The molecule has 1 amide bonds. The molecule has 4 bridgehead atoms. The molecule has 1 heterocycles. The molecule has 1 N–H and O–H groups in total. The lowest BCUT2D eigenvalue weighted by molar-refractivity contribution is -0.126. The molecule has 0 spiro atoms. The Bertz CT molecular complexity index is 1060. The number of amides is 1. The molecular weight excluding hydrogens is 430 g/mol. The number of nitrogens with zero attached hydrogens (tertiary/aromatic N) is 2. The Morgan fingerprint density at radius 1 is 1.16 bits per heavy atom. The molecule has 0 saturated heterocycles. The van der Waals surface area contributed by atoms with E-state index in [1.54, 1.807) is 22.8 Å². The summed E-state index contributed by atoms with van der Waals surface area (Å²) in [4.78, 5) is 31.1. The summed E-state index contributed by atoms with van der Waals surface area (Å²) in [5, 5.41) is 4.79. The molecule has 1 atom stereocenters. The highest BCUT2D eigenvalue weighted by Crippen LogP contribution is 2.55. The number of benzene rings is 1. The van der Waals surface area contributed by atoms with Gasteiger partial charge in [0.25, 0.3) is 5.56 Å². The van der Waals surface area contributed by atoms with Gasteiger partial charge in [0.2, 0.25) is 5.91 Å². The molecule has 4 fully saturated rings. The van der Waals surface area contributed by atoms with E-state index in [1.807, 2.05) is 20.8 Å². The molecule has 1 aromatic heterocycles. The van der Waals surface area contributed by atoms with Crippen molar-refractivity contribution in [3.8, 4) is 0 Å². The molecule has 2 aromatic rings. The lowest BCUT2D eigenvalue weighted by Gasteiger charge is -2.57. The number of hydrogen-bond donors (Lipinski definition) is 1. The average molecular weight is 460 g/mol. The number of thioether (sulfide) groups is 1. The number of rotatable bonds is 5. The zero-order valence-corrected chi connectivity index (χ0v) is 19.9. The molecule has 4 aliphatic carbocycles. The van der Waals surface area contributed by atoms with Gasteiger partial charge in [-0.1, -0.05) is 23.4 Å². The fourth-order valence-electron chi connectivity index (χ4n) is 6.53. The quantitative estimate of drug-likeness (QED) is 0.493. The van der Waals surface area contributed by atoms with Crippen LogP contribution < -0.4 is 10.9 Å². The van der Waals surface area contributed by atoms with Crippen LogP contribution in [0.5, 0.6) is 0 Å². The fourth-order valence-corrected chi connectivity index (χ4v) is 7.74. The fraction of sp³-hybridized carbons (Fsp3) is 0.625. The van der Waals surface area contributed by atoms with Crippen LogP contribution in [0.4, 0.5) is 0 Å². The van der Waals surface area contributed by atoms with E-state index in [-0.39, 0.29) is 28.3 Å². The smallest absolute Gasteiger partial charge is 0.262 e. The van der Waals surface area contributed by atoms with Gasteiger partial charge >= 0.3 is 0 Å². The maximum absolute atomic E-state index is 13.2. The summed E-state index contributed by atoms with van der Waals surface area (Å²) in [5.74, 6) is 2.41. The van der Waals surface area contributed by atoms with Crippen LogP contribution >= 0.6 is 23.4 Å². The van der Waals surface area contributed by atoms with E-state index in [0.717, 1.165) is 37.0 Å². The summed E-state index contributed by atoms with van der Waals surface area (Å²) in [6, 6.07) is 5.10. The number of nitrogens with one attached hydrogen (secondary N) is 1. The Labute approximate surface area is 192 Å². The van der Waals surface area contributed by atoms with E-state index >= 15 is 0 Å². The number of hydrogen-bond acceptors (Lipinski definition) is 4. The molecule has 4 aliphatic rings. The van der Waals surface area contributed by atoms with Gasteiger partial charge in [-0.3, -0.25) is 14.2 Å². The summed E-state index contributed by atoms with van der Waals surface area (Å²) in [6.07, 6.45) is 7.44. The molecule has 31 heavy (non-hydrogen) atoms. The first-order valence-corrected chi connectivity index (χ1v) is 12.7. The lowest BCUT2D eigenvalue weighted by atomic mass is 9.53. The maximum atomic E-state index is 13.2. The molecule has 1 aromatic carbocycles. The van der Waals surface area contributed by atoms with E-state index in [1.165, 1.54) is 31.0 Å². The van der Waals surface area contributed by atoms with E-state index in [0.29, 0.717) is 21.1 Å². The van der Waals surface area contributed by atoms with Crippen LogP contribution in [0, 0.1) is 17.8 Å². The van der Waals surface area contributed by atoms with Crippen molar-refractivity contribution in [2.24, 2.45) is 17.8 Å². The molecule has 166 valence electrons. The molecule has 0 unspecified atom stereocenters. The minimum Gasteiger partial charge on any atom is -0.350 e. The van der Waals surface area contributed by atoms with Crippen LogP contribution in [0.2, 0.25) is 5.02 Å². The number of carbonyl (C=O) groups is 1. The second kappa shape index (κ2) is 7.80. The third-order valence-electron chi connectivity index (χ3n) is 7.43. The second-order valence-electron chi connectivity index (χ2n) is 10.3. The lowest BCUT2D eigenvalue weighted by Crippen LogP contribution is -2.60. The van der Waals surface area contributed by atoms with Gasteiger partial charge in [-0.2, -0.15) is 0 Å². The Morgan fingerprint density at radius 2 is 1.77 bits per heavy atom. The molecule has 6 rings (SSSR count). The first-order valence-electron chi connectivity index (χ1n) is 11.4. The van der Waals surface area contributed by atoms with Crippen molar-refractivity contribution in [3.63, 3.8) is 0 Å². The van der Waals surface area contributed by atoms with Crippen molar-refractivity contribution in [1.82, 2.24) is 14.9 Å². The third kappa shape index (κ3) is 3.91. The predicted molar refractivity (Wildman–Crippen MR) is 126 cm³/mol. The topological polar surface area (TPSA) is 64.0 Å². The number of fused-ring (bicyclic) bond motifs is 1. The normalized spacial score (nSPS) is 30.2. The van der Waals surface area contributed by atoms with Gasteiger partial charge in [-0.25, -0.2) is 4.98 Å². The predicted octanol–water partition coefficient (Wildman–Crippen LogP) is 5.20. The van der Waals surface area contributed by atoms with Gasteiger partial charge in [-0.05, 0) is 95.2 Å². The van der Waals surface area contributed by atoms with Crippen LogP contribution in [0.3, 0.4) is 0 Å². The second-order valence-corrected chi connectivity index (χ2v) is 12.0. The van der Waals surface area contributed by atoms with Gasteiger partial charge < -0.3 is 5.32 Å². The summed E-state index contributed by atoms with van der Waals surface area (Å²) in [5.41, 5.74) is 0.473. The molecular formula is C24H30ClN3O2S. The largest absolute Gasteiger partial charge is 0.350 e. The first-order chi connectivity index (χ1) is 14.7. The third-order valence-corrected chi connectivity index (χ3v) is 8.73. The molecule has 5 nitrogen and oxygen atoms in total. The monoisotopic (exact) mass is 459 g/mol. The van der Waals surface area contributed by atoms with Gasteiger partial charge in [0.05, 0.1) is 16.2 Å². The molecule has 7 heteroatoms. The average Bonchev–Trinajstić information content (AvgIpc) is 2.65. The minimum absolute atomic E-state index is 0.0112. The Morgan fingerprint density at radius 3 is 2.35 bits per heavy atom. The Kier molecular flexibility index (Phi) is 5.37. The van der Waals surface area contributed by atoms with Crippen LogP contribution in [0.15, 0.2) is 28.2 Å². The van der Waals surface area contributed by atoms with Gasteiger partial charge in [0.1, 0.15) is 0 Å². The summed E-state index contributed by atoms with van der Waals surface area (Å²) in [6.45, 7) is 5.85. The Balaban J connectivity index is 1.39. The summed E-state index contributed by atoms with van der Waals surface area (Å²) >= 11 is 7.50. The van der Waals surface area contributed by atoms with Crippen molar-refractivity contribution < 1.29 is 4.79 Å². The van der Waals surface area contributed by atoms with Gasteiger partial charge in [0.15, 0.2) is 5.16 Å². The van der Waals surface area contributed by atoms with Gasteiger partial charge in [-0.15, -0.1) is 0 Å².